The van der Waals surface area contributed by atoms with E-state index in [1.54, 1.807) is 0 Å². The van der Waals surface area contributed by atoms with E-state index >= 15 is 0 Å². The molecule has 2 aromatic carbocycles. The summed E-state index contributed by atoms with van der Waals surface area (Å²) in [4.78, 5) is 4.65. The molecule has 1 aromatic heterocycles. The highest BCUT2D eigenvalue weighted by Gasteiger charge is 2.10. The third-order valence-electron chi connectivity index (χ3n) is 3.12. The number of hydrogen-bond donors (Lipinski definition) is 1. The number of thioether (sulfide) groups is 1. The molecule has 0 saturated carbocycles. The first-order chi connectivity index (χ1) is 8.84. The number of H-pyrrole nitrogens is 1. The standard InChI is InChI=1S/C16H15NS/c1-12(13-7-3-2-4-8-13)18-16-11-17-15-10-6-5-9-14(15)16/h2-12,17H,1H3. The maximum Gasteiger partial charge on any atom is 0.0465 e. The molecule has 3 rings (SSSR count). The van der Waals surface area contributed by atoms with Crippen LogP contribution in [0.4, 0.5) is 0 Å². The van der Waals surface area contributed by atoms with Crippen LogP contribution in [0.3, 0.4) is 0 Å². The van der Waals surface area contributed by atoms with Gasteiger partial charge in [0.05, 0.1) is 0 Å². The molecule has 0 aliphatic carbocycles. The van der Waals surface area contributed by atoms with Gasteiger partial charge < -0.3 is 4.98 Å². The summed E-state index contributed by atoms with van der Waals surface area (Å²) in [6.45, 7) is 2.25. The van der Waals surface area contributed by atoms with Crippen molar-refractivity contribution in [1.29, 1.82) is 0 Å². The summed E-state index contributed by atoms with van der Waals surface area (Å²) in [6.07, 6.45) is 2.11. The second-order valence-electron chi connectivity index (χ2n) is 4.37. The molecule has 1 heterocycles. The number of hydrogen-bond acceptors (Lipinski definition) is 1. The minimum atomic E-state index is 0.463. The molecule has 1 N–H and O–H groups in total. The topological polar surface area (TPSA) is 15.8 Å². The van der Waals surface area contributed by atoms with E-state index < -0.39 is 0 Å². The van der Waals surface area contributed by atoms with Crippen LogP contribution in [0.15, 0.2) is 65.7 Å². The van der Waals surface area contributed by atoms with Crippen molar-refractivity contribution >= 4 is 22.7 Å². The second-order valence-corrected chi connectivity index (χ2v) is 5.75. The molecule has 2 heteroatoms. The Balaban J connectivity index is 1.89. The van der Waals surface area contributed by atoms with Gasteiger partial charge in [-0.25, -0.2) is 0 Å². The number of nitrogens with one attached hydrogen (secondary N) is 1. The molecular formula is C16H15NS. The number of fused-ring (bicyclic) bond motifs is 1. The Kier molecular flexibility index (Phi) is 3.11. The predicted molar refractivity (Wildman–Crippen MR) is 79.0 cm³/mol. The molecule has 1 atom stereocenters. The van der Waals surface area contributed by atoms with Crippen LogP contribution >= 0.6 is 11.8 Å². The lowest BCUT2D eigenvalue weighted by Crippen LogP contribution is -1.86. The summed E-state index contributed by atoms with van der Waals surface area (Å²) in [7, 11) is 0. The van der Waals surface area contributed by atoms with Crippen molar-refractivity contribution in [2.75, 3.05) is 0 Å². The van der Waals surface area contributed by atoms with Crippen molar-refractivity contribution in [2.24, 2.45) is 0 Å². The highest BCUT2D eigenvalue weighted by Crippen LogP contribution is 2.38. The van der Waals surface area contributed by atoms with Gasteiger partial charge in [-0.15, -0.1) is 11.8 Å². The molecule has 0 aliphatic rings. The average molecular weight is 253 g/mol. The summed E-state index contributed by atoms with van der Waals surface area (Å²) in [6, 6.07) is 19.1. The fraction of sp³-hybridized carbons (Fsp3) is 0.125. The quantitative estimate of drug-likeness (QED) is 0.648. The average Bonchev–Trinajstić information content (AvgIpc) is 2.83. The maximum absolute atomic E-state index is 3.32. The van der Waals surface area contributed by atoms with E-state index in [9.17, 15) is 0 Å². The first-order valence-electron chi connectivity index (χ1n) is 6.12. The van der Waals surface area contributed by atoms with E-state index in [2.05, 4.69) is 72.7 Å². The molecule has 90 valence electrons. The van der Waals surface area contributed by atoms with E-state index in [-0.39, 0.29) is 0 Å². The summed E-state index contributed by atoms with van der Waals surface area (Å²) < 4.78 is 0. The van der Waals surface area contributed by atoms with Crippen molar-refractivity contribution in [3.05, 3.63) is 66.4 Å². The third kappa shape index (κ3) is 2.16. The number of benzene rings is 2. The van der Waals surface area contributed by atoms with E-state index in [1.165, 1.54) is 21.4 Å². The fourth-order valence-electron chi connectivity index (χ4n) is 2.12. The summed E-state index contributed by atoms with van der Waals surface area (Å²) in [5, 5.41) is 1.77. The van der Waals surface area contributed by atoms with Crippen LogP contribution < -0.4 is 0 Å². The minimum Gasteiger partial charge on any atom is -0.360 e. The maximum atomic E-state index is 3.32. The van der Waals surface area contributed by atoms with E-state index in [4.69, 9.17) is 0 Å². The minimum absolute atomic E-state index is 0.463. The van der Waals surface area contributed by atoms with Gasteiger partial charge in [0.15, 0.2) is 0 Å². The second kappa shape index (κ2) is 4.91. The van der Waals surface area contributed by atoms with Crippen LogP contribution in [0, 0.1) is 0 Å². The Labute approximate surface area is 111 Å². The highest BCUT2D eigenvalue weighted by atomic mass is 32.2. The van der Waals surface area contributed by atoms with Gasteiger partial charge in [0.25, 0.3) is 0 Å². The van der Waals surface area contributed by atoms with Crippen LogP contribution in [-0.2, 0) is 0 Å². The zero-order chi connectivity index (χ0) is 12.4. The van der Waals surface area contributed by atoms with Crippen molar-refractivity contribution in [3.8, 4) is 0 Å². The molecule has 0 fully saturated rings. The van der Waals surface area contributed by atoms with Crippen molar-refractivity contribution in [2.45, 2.75) is 17.1 Å². The molecule has 0 aliphatic heterocycles. The fourth-order valence-corrected chi connectivity index (χ4v) is 3.23. The van der Waals surface area contributed by atoms with Crippen LogP contribution in [0.25, 0.3) is 10.9 Å². The van der Waals surface area contributed by atoms with Crippen LogP contribution in [-0.4, -0.2) is 4.98 Å². The van der Waals surface area contributed by atoms with E-state index in [1.807, 2.05) is 11.8 Å². The number of rotatable bonds is 3. The number of aromatic amines is 1. The van der Waals surface area contributed by atoms with Gasteiger partial charge in [-0.3, -0.25) is 0 Å². The normalized spacial score (nSPS) is 12.7. The van der Waals surface area contributed by atoms with Crippen LogP contribution in [0.5, 0.6) is 0 Å². The highest BCUT2D eigenvalue weighted by molar-refractivity contribution is 7.99. The van der Waals surface area contributed by atoms with Crippen molar-refractivity contribution < 1.29 is 0 Å². The molecule has 3 aromatic rings. The van der Waals surface area contributed by atoms with Gasteiger partial charge in [-0.1, -0.05) is 48.5 Å². The van der Waals surface area contributed by atoms with Gasteiger partial charge in [-0.2, -0.15) is 0 Å². The SMILES string of the molecule is CC(Sc1c[nH]c2ccccc12)c1ccccc1. The molecule has 0 spiro atoms. The molecule has 0 bridgehead atoms. The van der Waals surface area contributed by atoms with Gasteiger partial charge in [0.1, 0.15) is 0 Å². The lowest BCUT2D eigenvalue weighted by molar-refractivity contribution is 1.10. The van der Waals surface area contributed by atoms with Crippen molar-refractivity contribution in [3.63, 3.8) is 0 Å². The first-order valence-corrected chi connectivity index (χ1v) is 7.00. The van der Waals surface area contributed by atoms with Gasteiger partial charge in [0.2, 0.25) is 0 Å². The largest absolute Gasteiger partial charge is 0.360 e. The van der Waals surface area contributed by atoms with E-state index in [0.717, 1.165) is 0 Å². The Hall–Kier alpha value is -1.67. The van der Waals surface area contributed by atoms with Crippen LogP contribution in [0.1, 0.15) is 17.7 Å². The predicted octanol–water partition coefficient (Wildman–Crippen LogP) is 5.02. The summed E-state index contributed by atoms with van der Waals surface area (Å²) in [5.74, 6) is 0. The smallest absolute Gasteiger partial charge is 0.0465 e. The molecule has 1 unspecified atom stereocenters. The molecule has 1 nitrogen and oxygen atoms in total. The molecule has 0 saturated heterocycles. The monoisotopic (exact) mass is 253 g/mol. The number of para-hydroxylation sites is 1. The zero-order valence-electron chi connectivity index (χ0n) is 10.3. The summed E-state index contributed by atoms with van der Waals surface area (Å²) >= 11 is 1.90. The molecule has 0 radical (unpaired) electrons. The Morgan fingerprint density at radius 2 is 1.67 bits per heavy atom. The zero-order valence-corrected chi connectivity index (χ0v) is 11.1. The molecular weight excluding hydrogens is 238 g/mol. The lowest BCUT2D eigenvalue weighted by Gasteiger charge is -2.10. The number of aromatic nitrogens is 1. The Morgan fingerprint density at radius 3 is 2.50 bits per heavy atom. The van der Waals surface area contributed by atoms with E-state index in [0.29, 0.717) is 5.25 Å². The molecule has 18 heavy (non-hydrogen) atoms. The Morgan fingerprint density at radius 1 is 0.944 bits per heavy atom. The Bertz CT molecular complexity index is 642. The third-order valence-corrected chi connectivity index (χ3v) is 4.34. The van der Waals surface area contributed by atoms with Crippen LogP contribution in [0.2, 0.25) is 0 Å². The van der Waals surface area contributed by atoms with Gasteiger partial charge in [-0.05, 0) is 18.6 Å². The van der Waals surface area contributed by atoms with Gasteiger partial charge in [0, 0.05) is 27.2 Å². The summed E-state index contributed by atoms with van der Waals surface area (Å²) in [5.41, 5.74) is 2.58. The lowest BCUT2D eigenvalue weighted by atomic mass is 10.2. The molecule has 0 amide bonds. The first kappa shape index (κ1) is 11.4. The van der Waals surface area contributed by atoms with Crippen molar-refractivity contribution in [1.82, 2.24) is 4.98 Å². The van der Waals surface area contributed by atoms with Gasteiger partial charge >= 0.3 is 0 Å².